The van der Waals surface area contributed by atoms with Crippen LogP contribution in [-0.4, -0.2) is 52.1 Å². The van der Waals surface area contributed by atoms with Gasteiger partial charge in [0.1, 0.15) is 11.3 Å². The van der Waals surface area contributed by atoms with Crippen LogP contribution in [0.2, 0.25) is 0 Å². The molecular formula is C35H40N4O4. The first-order chi connectivity index (χ1) is 20.6. The van der Waals surface area contributed by atoms with Crippen molar-refractivity contribution in [2.24, 2.45) is 5.92 Å². The third-order valence-corrected chi connectivity index (χ3v) is 7.67. The Morgan fingerprint density at radius 2 is 1.77 bits per heavy atom. The van der Waals surface area contributed by atoms with E-state index >= 15 is 0 Å². The molecule has 8 nitrogen and oxygen atoms in total. The van der Waals surface area contributed by atoms with Crippen LogP contribution >= 0.6 is 0 Å². The Hall–Kier alpha value is -4.46. The van der Waals surface area contributed by atoms with Crippen LogP contribution in [0.3, 0.4) is 0 Å². The van der Waals surface area contributed by atoms with Crippen molar-refractivity contribution >= 4 is 23.0 Å². The minimum absolute atomic E-state index is 0.0147. The van der Waals surface area contributed by atoms with E-state index in [0.717, 1.165) is 28.6 Å². The van der Waals surface area contributed by atoms with Crippen LogP contribution in [0.4, 0.5) is 4.79 Å². The van der Waals surface area contributed by atoms with Crippen LogP contribution in [0.15, 0.2) is 77.6 Å². The Balaban J connectivity index is 1.28. The number of fused-ring (bicyclic) bond motifs is 1. The molecule has 8 heteroatoms. The molecule has 2 N–H and O–H groups in total. The fourth-order valence-corrected chi connectivity index (χ4v) is 5.39. The number of rotatable bonds is 10. The Kier molecular flexibility index (Phi) is 8.94. The number of alkyl carbamates (subject to hydrolysis) is 1. The molecule has 1 heterocycles. The molecule has 1 aliphatic rings. The summed E-state index contributed by atoms with van der Waals surface area (Å²) in [5, 5.41) is 2.77. The van der Waals surface area contributed by atoms with E-state index in [1.165, 1.54) is 5.56 Å². The Bertz CT molecular complexity index is 1640. The summed E-state index contributed by atoms with van der Waals surface area (Å²) in [5.41, 5.74) is 5.24. The number of hydrogen-bond donors (Lipinski definition) is 2. The van der Waals surface area contributed by atoms with Gasteiger partial charge in [-0.2, -0.15) is 0 Å². The van der Waals surface area contributed by atoms with Gasteiger partial charge in [0.15, 0.2) is 0 Å². The number of carbonyl (C=O) groups is 2. The number of aromatic amines is 1. The average Bonchev–Trinajstić information content (AvgIpc) is 3.73. The van der Waals surface area contributed by atoms with Crippen LogP contribution < -0.4 is 10.9 Å². The number of aromatic nitrogens is 2. The van der Waals surface area contributed by atoms with Crippen molar-refractivity contribution in [3.05, 3.63) is 111 Å². The smallest absolute Gasteiger partial charge is 0.407 e. The van der Waals surface area contributed by atoms with E-state index < -0.39 is 11.7 Å². The second kappa shape index (κ2) is 12.8. The number of amides is 2. The quantitative estimate of drug-likeness (QED) is 0.225. The van der Waals surface area contributed by atoms with Crippen LogP contribution in [0, 0.1) is 12.8 Å². The molecule has 1 aliphatic carbocycles. The van der Waals surface area contributed by atoms with Crippen molar-refractivity contribution in [3.8, 4) is 0 Å². The minimum atomic E-state index is -0.573. The van der Waals surface area contributed by atoms with Crippen molar-refractivity contribution < 1.29 is 14.3 Å². The maximum Gasteiger partial charge on any atom is 0.407 e. The number of hydrogen-bond acceptors (Lipinski definition) is 5. The molecule has 2 atom stereocenters. The van der Waals surface area contributed by atoms with Gasteiger partial charge in [-0.3, -0.25) is 9.59 Å². The maximum absolute atomic E-state index is 13.5. The molecule has 5 rings (SSSR count). The Morgan fingerprint density at radius 3 is 2.49 bits per heavy atom. The second-order valence-electron chi connectivity index (χ2n) is 12.4. The van der Waals surface area contributed by atoms with Crippen molar-refractivity contribution in [1.82, 2.24) is 20.2 Å². The van der Waals surface area contributed by atoms with Crippen LogP contribution in [-0.2, 0) is 11.2 Å². The molecule has 0 spiro atoms. The minimum Gasteiger partial charge on any atom is -0.444 e. The van der Waals surface area contributed by atoms with E-state index in [1.807, 2.05) is 93.3 Å². The average molecular weight is 581 g/mol. The molecule has 224 valence electrons. The monoisotopic (exact) mass is 580 g/mol. The largest absolute Gasteiger partial charge is 0.444 e. The van der Waals surface area contributed by atoms with Gasteiger partial charge < -0.3 is 19.9 Å². The van der Waals surface area contributed by atoms with E-state index in [1.54, 1.807) is 0 Å². The molecule has 1 fully saturated rings. The van der Waals surface area contributed by atoms with Gasteiger partial charge >= 0.3 is 6.09 Å². The van der Waals surface area contributed by atoms with Gasteiger partial charge in [0.2, 0.25) is 0 Å². The van der Waals surface area contributed by atoms with Gasteiger partial charge in [0.25, 0.3) is 11.5 Å². The highest BCUT2D eigenvalue weighted by atomic mass is 16.6. The molecule has 0 bridgehead atoms. The SMILES string of the molecule is Cc1ccc(C(=O)N(CCCNC(=O)OC(C)(C)C)CC2CC2c2nc3cccc(Cc4ccccc4)c3[nH]c2=O)cc1. The summed E-state index contributed by atoms with van der Waals surface area (Å²) in [6.07, 6.45) is 1.60. The molecule has 3 aromatic carbocycles. The summed E-state index contributed by atoms with van der Waals surface area (Å²) in [4.78, 5) is 48.6. The number of para-hydroxylation sites is 1. The molecule has 43 heavy (non-hydrogen) atoms. The molecule has 4 aromatic rings. The molecule has 1 saturated carbocycles. The highest BCUT2D eigenvalue weighted by Gasteiger charge is 2.43. The zero-order valence-corrected chi connectivity index (χ0v) is 25.4. The van der Waals surface area contributed by atoms with Gasteiger partial charge in [0.05, 0.1) is 11.0 Å². The summed E-state index contributed by atoms with van der Waals surface area (Å²) in [7, 11) is 0. The first-order valence-corrected chi connectivity index (χ1v) is 15.0. The van der Waals surface area contributed by atoms with Crippen molar-refractivity contribution in [2.75, 3.05) is 19.6 Å². The molecule has 2 amide bonds. The lowest BCUT2D eigenvalue weighted by molar-refractivity contribution is 0.0525. The van der Waals surface area contributed by atoms with Gasteiger partial charge in [-0.05, 0) is 82.2 Å². The lowest BCUT2D eigenvalue weighted by Crippen LogP contribution is -2.37. The van der Waals surface area contributed by atoms with E-state index in [4.69, 9.17) is 9.72 Å². The normalized spacial score (nSPS) is 16.1. The van der Waals surface area contributed by atoms with Crippen molar-refractivity contribution in [1.29, 1.82) is 0 Å². The topological polar surface area (TPSA) is 104 Å². The highest BCUT2D eigenvalue weighted by molar-refractivity contribution is 5.94. The summed E-state index contributed by atoms with van der Waals surface area (Å²) < 4.78 is 5.32. The summed E-state index contributed by atoms with van der Waals surface area (Å²) in [6.45, 7) is 8.81. The van der Waals surface area contributed by atoms with E-state index in [-0.39, 0.29) is 23.3 Å². The zero-order chi connectivity index (χ0) is 30.6. The zero-order valence-electron chi connectivity index (χ0n) is 25.4. The van der Waals surface area contributed by atoms with E-state index in [9.17, 15) is 14.4 Å². The van der Waals surface area contributed by atoms with Gasteiger partial charge in [-0.15, -0.1) is 0 Å². The lowest BCUT2D eigenvalue weighted by Gasteiger charge is -2.24. The third-order valence-electron chi connectivity index (χ3n) is 7.67. The Morgan fingerprint density at radius 1 is 1.02 bits per heavy atom. The lowest BCUT2D eigenvalue weighted by atomic mass is 10.0. The summed E-state index contributed by atoms with van der Waals surface area (Å²) in [6, 6.07) is 23.7. The predicted octanol–water partition coefficient (Wildman–Crippen LogP) is 5.98. The van der Waals surface area contributed by atoms with E-state index in [2.05, 4.69) is 22.4 Å². The van der Waals surface area contributed by atoms with Gasteiger partial charge in [0, 0.05) is 31.1 Å². The van der Waals surface area contributed by atoms with Crippen molar-refractivity contribution in [2.45, 2.75) is 58.5 Å². The molecule has 0 aliphatic heterocycles. The number of aryl methyl sites for hydroxylation is 1. The summed E-state index contributed by atoms with van der Waals surface area (Å²) >= 11 is 0. The molecule has 2 unspecified atom stereocenters. The predicted molar refractivity (Wildman–Crippen MR) is 168 cm³/mol. The highest BCUT2D eigenvalue weighted by Crippen LogP contribution is 2.46. The molecule has 0 radical (unpaired) electrons. The first-order valence-electron chi connectivity index (χ1n) is 15.0. The number of ether oxygens (including phenoxy) is 1. The first kappa shape index (κ1) is 30.0. The van der Waals surface area contributed by atoms with Gasteiger partial charge in [-0.25, -0.2) is 9.78 Å². The number of nitrogens with zero attached hydrogens (tertiary/aromatic N) is 2. The number of H-pyrrole nitrogens is 1. The molecule has 1 aromatic heterocycles. The van der Waals surface area contributed by atoms with E-state index in [0.29, 0.717) is 43.7 Å². The number of benzene rings is 3. The van der Waals surface area contributed by atoms with Crippen LogP contribution in [0.5, 0.6) is 0 Å². The fraction of sp³-hybridized carbons (Fsp3) is 0.371. The summed E-state index contributed by atoms with van der Waals surface area (Å²) in [5.74, 6) is 0.0553. The third kappa shape index (κ3) is 7.89. The standard InChI is InChI=1S/C35H40N4O4/c1-23-14-16-25(17-15-23)33(41)39(19-9-18-36-34(42)43-35(2,3)4)22-27-21-28(27)31-32(40)38-30-26(12-8-13-29(30)37-31)20-24-10-6-5-7-11-24/h5-8,10-17,27-28H,9,18-22H2,1-4H3,(H,36,42)(H,38,40). The maximum atomic E-state index is 13.5. The van der Waals surface area contributed by atoms with Crippen LogP contribution in [0.25, 0.3) is 11.0 Å². The fourth-order valence-electron chi connectivity index (χ4n) is 5.39. The van der Waals surface area contributed by atoms with Crippen molar-refractivity contribution in [3.63, 3.8) is 0 Å². The number of carbonyl (C=O) groups excluding carboxylic acids is 2. The second-order valence-corrected chi connectivity index (χ2v) is 12.4. The molecule has 0 saturated heterocycles. The number of nitrogens with one attached hydrogen (secondary N) is 2. The van der Waals surface area contributed by atoms with Gasteiger partial charge in [-0.1, -0.05) is 60.2 Å². The van der Waals surface area contributed by atoms with Crippen LogP contribution in [0.1, 0.15) is 72.3 Å². The Labute approximate surface area is 252 Å². The molecular weight excluding hydrogens is 540 g/mol.